The lowest BCUT2D eigenvalue weighted by Crippen LogP contribution is -1.88. The maximum Gasteiger partial charge on any atom is 0.0418 e. The summed E-state index contributed by atoms with van der Waals surface area (Å²) in [7, 11) is 0. The highest BCUT2D eigenvalue weighted by Gasteiger charge is 1.99. The molecule has 0 saturated carbocycles. The van der Waals surface area contributed by atoms with Gasteiger partial charge in [0, 0.05) is 5.83 Å². The monoisotopic (exact) mass is 173 g/mol. The van der Waals surface area contributed by atoms with E-state index >= 15 is 0 Å². The van der Waals surface area contributed by atoms with Gasteiger partial charge in [0.05, 0.1) is 0 Å². The summed E-state index contributed by atoms with van der Waals surface area (Å²) in [5, 5.41) is 0. The summed E-state index contributed by atoms with van der Waals surface area (Å²) in [6.07, 6.45) is 12.7. The quantitative estimate of drug-likeness (QED) is 0.492. The van der Waals surface area contributed by atoms with Crippen LogP contribution in [-0.2, 0) is 0 Å². The number of halogens is 1. The fourth-order valence-electron chi connectivity index (χ4n) is 1.41. The zero-order valence-electron chi connectivity index (χ0n) is 7.42. The SMILES string of the molecule is CC1=C/C(=C2\C=C(F)C=C[CH-]2)C=C1. The number of hydrogen-bond acceptors (Lipinski definition) is 0. The van der Waals surface area contributed by atoms with E-state index in [0.29, 0.717) is 0 Å². The minimum atomic E-state index is -0.184. The topological polar surface area (TPSA) is 0 Å². The molecule has 1 heteroatoms. The van der Waals surface area contributed by atoms with Crippen molar-refractivity contribution in [1.82, 2.24) is 0 Å². The van der Waals surface area contributed by atoms with E-state index in [1.807, 2.05) is 25.5 Å². The summed E-state index contributed by atoms with van der Waals surface area (Å²) in [6, 6.07) is 0. The van der Waals surface area contributed by atoms with Gasteiger partial charge >= 0.3 is 0 Å². The van der Waals surface area contributed by atoms with Crippen LogP contribution in [0.15, 0.2) is 59.0 Å². The lowest BCUT2D eigenvalue weighted by Gasteiger charge is -2.14. The maximum absolute atomic E-state index is 12.9. The van der Waals surface area contributed by atoms with Crippen molar-refractivity contribution in [1.29, 1.82) is 0 Å². The zero-order chi connectivity index (χ0) is 9.26. The Morgan fingerprint density at radius 1 is 1.15 bits per heavy atom. The van der Waals surface area contributed by atoms with Crippen LogP contribution in [-0.4, -0.2) is 0 Å². The van der Waals surface area contributed by atoms with Gasteiger partial charge in [-0.3, -0.25) is 0 Å². The van der Waals surface area contributed by atoms with E-state index in [-0.39, 0.29) is 5.83 Å². The predicted octanol–water partition coefficient (Wildman–Crippen LogP) is 3.43. The molecule has 0 aliphatic heterocycles. The second-order valence-electron chi connectivity index (χ2n) is 3.19. The van der Waals surface area contributed by atoms with Crippen LogP contribution in [0.1, 0.15) is 6.92 Å². The van der Waals surface area contributed by atoms with E-state index < -0.39 is 0 Å². The Labute approximate surface area is 77.5 Å². The Morgan fingerprint density at radius 3 is 2.62 bits per heavy atom. The molecule has 0 N–H and O–H groups in total. The van der Waals surface area contributed by atoms with Gasteiger partial charge in [-0.25, -0.2) is 4.39 Å². The van der Waals surface area contributed by atoms with Gasteiger partial charge in [-0.2, -0.15) is 0 Å². The summed E-state index contributed by atoms with van der Waals surface area (Å²) in [4.78, 5) is 0. The van der Waals surface area contributed by atoms with Gasteiger partial charge in [-0.15, -0.1) is 30.2 Å². The van der Waals surface area contributed by atoms with Gasteiger partial charge in [0.2, 0.25) is 0 Å². The molecule has 0 nitrogen and oxygen atoms in total. The van der Waals surface area contributed by atoms with Crippen molar-refractivity contribution in [3.8, 4) is 0 Å². The van der Waals surface area contributed by atoms with Crippen LogP contribution in [0.25, 0.3) is 0 Å². The highest BCUT2D eigenvalue weighted by molar-refractivity contribution is 5.56. The molecular weight excluding hydrogens is 163 g/mol. The molecular formula is C12H10F-. The summed E-state index contributed by atoms with van der Waals surface area (Å²) in [5.74, 6) is -0.184. The first-order valence-corrected chi connectivity index (χ1v) is 4.25. The highest BCUT2D eigenvalue weighted by atomic mass is 19.1. The maximum atomic E-state index is 12.9. The van der Waals surface area contributed by atoms with Gasteiger partial charge in [0.25, 0.3) is 0 Å². The van der Waals surface area contributed by atoms with Crippen LogP contribution in [0.4, 0.5) is 4.39 Å². The molecule has 0 aromatic heterocycles. The van der Waals surface area contributed by atoms with Gasteiger partial charge in [0.15, 0.2) is 0 Å². The second-order valence-corrected chi connectivity index (χ2v) is 3.19. The summed E-state index contributed by atoms with van der Waals surface area (Å²) in [6.45, 7) is 2.03. The van der Waals surface area contributed by atoms with Crippen LogP contribution >= 0.6 is 0 Å². The molecule has 0 heterocycles. The third-order valence-electron chi connectivity index (χ3n) is 2.07. The molecule has 0 amide bonds. The third kappa shape index (κ3) is 1.64. The Hall–Kier alpha value is -1.50. The summed E-state index contributed by atoms with van der Waals surface area (Å²) in [5.41, 5.74) is 3.23. The smallest absolute Gasteiger partial charge is 0.0418 e. The van der Waals surface area contributed by atoms with Crippen LogP contribution in [0.3, 0.4) is 0 Å². The lowest BCUT2D eigenvalue weighted by molar-refractivity contribution is 0.664. The number of hydrogen-bond donors (Lipinski definition) is 0. The van der Waals surface area contributed by atoms with E-state index in [1.54, 1.807) is 12.2 Å². The van der Waals surface area contributed by atoms with E-state index in [9.17, 15) is 4.39 Å². The summed E-state index contributed by atoms with van der Waals surface area (Å²) >= 11 is 0. The molecule has 0 atom stereocenters. The normalized spacial score (nSPS) is 25.7. The van der Waals surface area contributed by atoms with Gasteiger partial charge in [-0.05, 0) is 6.92 Å². The van der Waals surface area contributed by atoms with Crippen molar-refractivity contribution >= 4 is 0 Å². The predicted molar refractivity (Wildman–Crippen MR) is 52.6 cm³/mol. The first-order valence-electron chi connectivity index (χ1n) is 4.25. The molecule has 0 fully saturated rings. The average Bonchev–Trinajstić information content (AvgIpc) is 2.52. The Balaban J connectivity index is 2.37. The molecule has 13 heavy (non-hydrogen) atoms. The van der Waals surface area contributed by atoms with Crippen molar-refractivity contribution in [3.05, 3.63) is 65.4 Å². The fraction of sp³-hybridized carbons (Fsp3) is 0.0833. The number of rotatable bonds is 0. The van der Waals surface area contributed by atoms with Crippen LogP contribution in [0.5, 0.6) is 0 Å². The van der Waals surface area contributed by atoms with E-state index in [0.717, 1.165) is 11.1 Å². The van der Waals surface area contributed by atoms with Gasteiger partial charge in [-0.1, -0.05) is 29.4 Å². The molecule has 0 aromatic rings. The standard InChI is InChI=1S/C12H10F/c1-9-5-6-11(7-9)10-3-2-4-12(13)8-10/h2-8H,1H3/q-1/b11-10-. The molecule has 0 unspecified atom stereocenters. The van der Waals surface area contributed by atoms with Crippen molar-refractivity contribution in [2.24, 2.45) is 0 Å². The van der Waals surface area contributed by atoms with Crippen molar-refractivity contribution in [3.63, 3.8) is 0 Å². The molecule has 0 bridgehead atoms. The highest BCUT2D eigenvalue weighted by Crippen LogP contribution is 2.24. The fourth-order valence-corrected chi connectivity index (χ4v) is 1.41. The van der Waals surface area contributed by atoms with E-state index in [1.165, 1.54) is 11.6 Å². The Morgan fingerprint density at radius 2 is 2.00 bits per heavy atom. The average molecular weight is 173 g/mol. The van der Waals surface area contributed by atoms with Crippen molar-refractivity contribution in [2.45, 2.75) is 6.92 Å². The molecule has 2 aliphatic carbocycles. The van der Waals surface area contributed by atoms with E-state index in [4.69, 9.17) is 0 Å². The zero-order valence-corrected chi connectivity index (χ0v) is 7.42. The molecule has 0 aromatic carbocycles. The van der Waals surface area contributed by atoms with Crippen LogP contribution < -0.4 is 0 Å². The minimum absolute atomic E-state index is 0.184. The minimum Gasteiger partial charge on any atom is -0.229 e. The largest absolute Gasteiger partial charge is 0.229 e. The van der Waals surface area contributed by atoms with Crippen LogP contribution in [0.2, 0.25) is 0 Å². The van der Waals surface area contributed by atoms with Gasteiger partial charge in [0.1, 0.15) is 0 Å². The number of allylic oxidation sites excluding steroid dienone is 10. The molecule has 0 saturated heterocycles. The van der Waals surface area contributed by atoms with E-state index in [2.05, 4.69) is 6.08 Å². The molecule has 2 aliphatic rings. The van der Waals surface area contributed by atoms with Crippen LogP contribution in [0, 0.1) is 6.42 Å². The molecule has 2 rings (SSSR count). The Kier molecular flexibility index (Phi) is 1.93. The molecule has 0 spiro atoms. The molecule has 0 radical (unpaired) electrons. The lowest BCUT2D eigenvalue weighted by atomic mass is 10.0. The van der Waals surface area contributed by atoms with Crippen molar-refractivity contribution < 1.29 is 4.39 Å². The first kappa shape index (κ1) is 8.11. The molecule has 66 valence electrons. The second kappa shape index (κ2) is 3.09. The van der Waals surface area contributed by atoms with Crippen molar-refractivity contribution in [2.75, 3.05) is 0 Å². The van der Waals surface area contributed by atoms with Gasteiger partial charge < -0.3 is 0 Å². The third-order valence-corrected chi connectivity index (χ3v) is 2.07. The Bertz CT molecular complexity index is 376. The summed E-state index contributed by atoms with van der Waals surface area (Å²) < 4.78 is 12.9. The first-order chi connectivity index (χ1) is 6.25.